The minimum atomic E-state index is -0.393. The lowest BCUT2D eigenvalue weighted by atomic mass is 9.72. The number of thiophene rings is 1. The first-order valence-electron chi connectivity index (χ1n) is 9.59. The Bertz CT molecular complexity index is 904. The van der Waals surface area contributed by atoms with Crippen LogP contribution in [0.25, 0.3) is 0 Å². The molecule has 3 rings (SSSR count). The molecule has 28 heavy (non-hydrogen) atoms. The monoisotopic (exact) mass is 400 g/mol. The van der Waals surface area contributed by atoms with Gasteiger partial charge in [0.15, 0.2) is 0 Å². The van der Waals surface area contributed by atoms with Crippen LogP contribution in [-0.2, 0) is 17.6 Å². The lowest BCUT2D eigenvalue weighted by Gasteiger charge is -2.33. The van der Waals surface area contributed by atoms with Crippen LogP contribution in [-0.4, -0.2) is 24.0 Å². The van der Waals surface area contributed by atoms with Crippen LogP contribution >= 0.6 is 11.3 Å². The topological polar surface area (TPSA) is 68.3 Å². The number of fused-ring (bicyclic) bond motifs is 1. The second kappa shape index (κ2) is 7.66. The van der Waals surface area contributed by atoms with Gasteiger partial charge in [0.05, 0.1) is 12.7 Å². The Balaban J connectivity index is 1.96. The second-order valence-corrected chi connectivity index (χ2v) is 9.74. The molecule has 5 nitrogen and oxygen atoms in total. The molecule has 1 N–H and O–H groups in total. The van der Waals surface area contributed by atoms with Crippen LogP contribution in [0.4, 0.5) is 5.00 Å². The van der Waals surface area contributed by atoms with Gasteiger partial charge in [-0.3, -0.25) is 4.79 Å². The molecule has 0 aromatic carbocycles. The van der Waals surface area contributed by atoms with E-state index in [-0.39, 0.29) is 11.3 Å². The molecule has 0 radical (unpaired) electrons. The molecular weight excluding hydrogens is 372 g/mol. The van der Waals surface area contributed by atoms with E-state index < -0.39 is 5.97 Å². The predicted octanol–water partition coefficient (Wildman–Crippen LogP) is 4.95. The average Bonchev–Trinajstić information content (AvgIpc) is 2.96. The van der Waals surface area contributed by atoms with Gasteiger partial charge < -0.3 is 10.1 Å². The zero-order chi connectivity index (χ0) is 20.6. The quantitative estimate of drug-likeness (QED) is 0.740. The summed E-state index contributed by atoms with van der Waals surface area (Å²) in [6.45, 7) is 10.6. The van der Waals surface area contributed by atoms with Gasteiger partial charge in [-0.1, -0.05) is 20.8 Å². The zero-order valence-electron chi connectivity index (χ0n) is 17.4. The van der Waals surface area contributed by atoms with Gasteiger partial charge in [0.25, 0.3) is 5.91 Å². The maximum Gasteiger partial charge on any atom is 0.341 e. The first-order chi connectivity index (χ1) is 13.1. The number of ether oxygens (including phenoxy) is 1. The smallest absolute Gasteiger partial charge is 0.341 e. The van der Waals surface area contributed by atoms with Crippen LogP contribution in [0.5, 0.6) is 0 Å². The largest absolute Gasteiger partial charge is 0.465 e. The Morgan fingerprint density at radius 3 is 2.57 bits per heavy atom. The molecule has 1 atom stereocenters. The molecule has 2 aromatic heterocycles. The molecule has 0 fully saturated rings. The summed E-state index contributed by atoms with van der Waals surface area (Å²) in [6, 6.07) is 3.68. The standard InChI is InChI=1S/C22H28N2O3S/c1-12-9-13(2)23-16(10-12)19(25)24-20-18(21(26)27-6)15-8-7-14(22(3,4)5)11-17(15)28-20/h9-10,14H,7-8,11H2,1-6H3,(H,24,25). The van der Waals surface area contributed by atoms with Crippen LogP contribution in [0.3, 0.4) is 0 Å². The third kappa shape index (κ3) is 4.12. The lowest BCUT2D eigenvalue weighted by molar-refractivity contribution is 0.0600. The number of hydrogen-bond donors (Lipinski definition) is 1. The summed E-state index contributed by atoms with van der Waals surface area (Å²) in [5, 5.41) is 3.49. The number of amides is 1. The highest BCUT2D eigenvalue weighted by atomic mass is 32.1. The molecule has 2 heterocycles. The molecule has 1 amide bonds. The van der Waals surface area contributed by atoms with E-state index in [1.165, 1.54) is 23.3 Å². The summed E-state index contributed by atoms with van der Waals surface area (Å²) in [6.07, 6.45) is 2.78. The highest BCUT2D eigenvalue weighted by Gasteiger charge is 2.34. The highest BCUT2D eigenvalue weighted by Crippen LogP contribution is 2.44. The highest BCUT2D eigenvalue weighted by molar-refractivity contribution is 7.17. The number of esters is 1. The molecule has 2 aromatic rings. The van der Waals surface area contributed by atoms with E-state index in [4.69, 9.17) is 4.74 Å². The van der Waals surface area contributed by atoms with Crippen molar-refractivity contribution in [3.8, 4) is 0 Å². The van der Waals surface area contributed by atoms with E-state index in [0.29, 0.717) is 22.2 Å². The minimum Gasteiger partial charge on any atom is -0.465 e. The molecule has 0 saturated carbocycles. The Morgan fingerprint density at radius 2 is 1.96 bits per heavy atom. The maximum absolute atomic E-state index is 12.8. The first kappa shape index (κ1) is 20.5. The fourth-order valence-corrected chi connectivity index (χ4v) is 5.17. The SMILES string of the molecule is COC(=O)c1c(NC(=O)c2cc(C)cc(C)n2)sc2c1CCC(C(C)(C)C)C2. The average molecular weight is 401 g/mol. The molecule has 0 aliphatic heterocycles. The fraction of sp³-hybridized carbons (Fsp3) is 0.500. The molecule has 150 valence electrons. The van der Waals surface area contributed by atoms with Gasteiger partial charge in [-0.2, -0.15) is 0 Å². The first-order valence-corrected chi connectivity index (χ1v) is 10.4. The number of anilines is 1. The zero-order valence-corrected chi connectivity index (χ0v) is 18.3. The van der Waals surface area contributed by atoms with E-state index in [9.17, 15) is 9.59 Å². The van der Waals surface area contributed by atoms with Gasteiger partial charge >= 0.3 is 5.97 Å². The molecule has 1 aliphatic rings. The van der Waals surface area contributed by atoms with Crippen molar-refractivity contribution in [2.45, 2.75) is 53.9 Å². The molecule has 6 heteroatoms. The number of methoxy groups -OCH3 is 1. The van der Waals surface area contributed by atoms with Gasteiger partial charge in [-0.25, -0.2) is 9.78 Å². The van der Waals surface area contributed by atoms with Gasteiger partial charge in [0.1, 0.15) is 10.7 Å². The summed E-state index contributed by atoms with van der Waals surface area (Å²) < 4.78 is 5.02. The summed E-state index contributed by atoms with van der Waals surface area (Å²) in [7, 11) is 1.38. The van der Waals surface area contributed by atoms with Gasteiger partial charge in [0, 0.05) is 10.6 Å². The van der Waals surface area contributed by atoms with Crippen molar-refractivity contribution in [2.24, 2.45) is 11.3 Å². The Labute approximate surface area is 170 Å². The number of nitrogens with one attached hydrogen (secondary N) is 1. The van der Waals surface area contributed by atoms with Crippen molar-refractivity contribution in [3.05, 3.63) is 45.1 Å². The molecule has 0 spiro atoms. The summed E-state index contributed by atoms with van der Waals surface area (Å²) in [4.78, 5) is 30.8. The summed E-state index contributed by atoms with van der Waals surface area (Å²) in [5.41, 5.74) is 3.86. The Kier molecular flexibility index (Phi) is 5.62. The van der Waals surface area contributed by atoms with Crippen molar-refractivity contribution in [3.63, 3.8) is 0 Å². The van der Waals surface area contributed by atoms with Crippen molar-refractivity contribution >= 4 is 28.2 Å². The third-order valence-electron chi connectivity index (χ3n) is 5.44. The van der Waals surface area contributed by atoms with Crippen molar-refractivity contribution < 1.29 is 14.3 Å². The predicted molar refractivity (Wildman–Crippen MR) is 112 cm³/mol. The van der Waals surface area contributed by atoms with Gasteiger partial charge in [-0.15, -0.1) is 11.3 Å². The molecule has 0 bridgehead atoms. The normalized spacial score (nSPS) is 16.4. The third-order valence-corrected chi connectivity index (χ3v) is 6.61. The number of aryl methyl sites for hydroxylation is 2. The van der Waals surface area contributed by atoms with Crippen LogP contribution in [0, 0.1) is 25.2 Å². The van der Waals surface area contributed by atoms with Crippen molar-refractivity contribution in [1.29, 1.82) is 0 Å². The molecule has 1 unspecified atom stereocenters. The van der Waals surface area contributed by atoms with Gasteiger partial charge in [-0.05, 0) is 67.7 Å². The number of hydrogen-bond acceptors (Lipinski definition) is 5. The van der Waals surface area contributed by atoms with Crippen LogP contribution < -0.4 is 5.32 Å². The number of rotatable bonds is 3. The van der Waals surface area contributed by atoms with E-state index in [0.717, 1.165) is 36.1 Å². The van der Waals surface area contributed by atoms with E-state index in [1.807, 2.05) is 19.9 Å². The number of carbonyl (C=O) groups excluding carboxylic acids is 2. The lowest BCUT2D eigenvalue weighted by Crippen LogP contribution is -2.26. The Morgan fingerprint density at radius 1 is 1.25 bits per heavy atom. The molecule has 1 aliphatic carbocycles. The number of pyridine rings is 1. The van der Waals surface area contributed by atoms with Crippen LogP contribution in [0.15, 0.2) is 12.1 Å². The summed E-state index contributed by atoms with van der Waals surface area (Å²) in [5.74, 6) is -0.146. The maximum atomic E-state index is 12.8. The molecule has 0 saturated heterocycles. The van der Waals surface area contributed by atoms with E-state index >= 15 is 0 Å². The number of carbonyl (C=O) groups is 2. The second-order valence-electron chi connectivity index (χ2n) is 8.63. The van der Waals surface area contributed by atoms with E-state index in [1.54, 1.807) is 6.07 Å². The Hall–Kier alpha value is -2.21. The molecular formula is C22H28N2O3S. The fourth-order valence-electron chi connectivity index (χ4n) is 3.86. The van der Waals surface area contributed by atoms with Crippen molar-refractivity contribution in [1.82, 2.24) is 4.98 Å². The van der Waals surface area contributed by atoms with Crippen LogP contribution in [0.2, 0.25) is 0 Å². The van der Waals surface area contributed by atoms with Gasteiger partial charge in [0.2, 0.25) is 0 Å². The van der Waals surface area contributed by atoms with Crippen LogP contribution in [0.1, 0.15) is 69.7 Å². The summed E-state index contributed by atoms with van der Waals surface area (Å²) >= 11 is 1.50. The van der Waals surface area contributed by atoms with Crippen molar-refractivity contribution in [2.75, 3.05) is 12.4 Å². The number of aromatic nitrogens is 1. The minimum absolute atomic E-state index is 0.208. The van der Waals surface area contributed by atoms with E-state index in [2.05, 4.69) is 31.1 Å². The number of nitrogens with zero attached hydrogens (tertiary/aromatic N) is 1.